The standard InChI is InChI=1S/C7H5FN3O2/c1-11(12)5-3-2-4(8)6-7(5)10-13-9-6/h2-3H,1H3/q+1. The molecule has 0 radical (unpaired) electrons. The third-order valence-corrected chi connectivity index (χ3v) is 1.68. The molecule has 1 heterocycles. The van der Waals surface area contributed by atoms with Gasteiger partial charge in [0.05, 0.1) is 0 Å². The topological polar surface area (TPSA) is 59.0 Å². The van der Waals surface area contributed by atoms with Crippen LogP contribution < -0.4 is 0 Å². The Bertz CT molecular complexity index is 480. The smallest absolute Gasteiger partial charge is 0.243 e. The van der Waals surface area contributed by atoms with Gasteiger partial charge in [-0.25, -0.2) is 9.02 Å². The van der Waals surface area contributed by atoms with Crippen LogP contribution in [-0.2, 0) is 0 Å². The molecule has 0 aliphatic rings. The summed E-state index contributed by atoms with van der Waals surface area (Å²) >= 11 is 0. The number of hydrogen-bond acceptors (Lipinski definition) is 4. The van der Waals surface area contributed by atoms with Gasteiger partial charge in [-0.3, -0.25) is 0 Å². The van der Waals surface area contributed by atoms with Crippen LogP contribution in [-0.4, -0.2) is 22.1 Å². The van der Waals surface area contributed by atoms with E-state index in [0.717, 1.165) is 6.07 Å². The quantitative estimate of drug-likeness (QED) is 0.625. The fraction of sp³-hybridized carbons (Fsp3) is 0.143. The number of aromatic nitrogens is 2. The van der Waals surface area contributed by atoms with E-state index in [1.807, 2.05) is 0 Å². The average Bonchev–Trinajstić information content (AvgIpc) is 2.53. The number of rotatable bonds is 1. The predicted molar refractivity (Wildman–Crippen MR) is 41.0 cm³/mol. The normalized spacial score (nSPS) is 10.6. The molecular formula is C7H5FN3O2+. The van der Waals surface area contributed by atoms with Crippen LogP contribution in [0.3, 0.4) is 0 Å². The molecule has 0 fully saturated rings. The molecule has 0 atom stereocenters. The van der Waals surface area contributed by atoms with E-state index in [9.17, 15) is 9.30 Å². The van der Waals surface area contributed by atoms with Gasteiger partial charge in [0, 0.05) is 15.7 Å². The van der Waals surface area contributed by atoms with Crippen molar-refractivity contribution in [1.82, 2.24) is 10.3 Å². The summed E-state index contributed by atoms with van der Waals surface area (Å²) in [6, 6.07) is 2.48. The highest BCUT2D eigenvalue weighted by molar-refractivity contribution is 5.83. The molecule has 66 valence electrons. The highest BCUT2D eigenvalue weighted by Crippen LogP contribution is 2.23. The van der Waals surface area contributed by atoms with Crippen LogP contribution in [0, 0.1) is 10.7 Å². The van der Waals surface area contributed by atoms with Crippen molar-refractivity contribution in [2.24, 2.45) is 0 Å². The number of halogens is 1. The van der Waals surface area contributed by atoms with E-state index in [0.29, 0.717) is 4.76 Å². The summed E-state index contributed by atoms with van der Waals surface area (Å²) in [5, 5.41) is 6.77. The van der Waals surface area contributed by atoms with Crippen LogP contribution in [0.25, 0.3) is 11.0 Å². The summed E-state index contributed by atoms with van der Waals surface area (Å²) < 4.78 is 17.9. The van der Waals surface area contributed by atoms with Crippen molar-refractivity contribution in [3.63, 3.8) is 0 Å². The van der Waals surface area contributed by atoms with Gasteiger partial charge in [-0.15, -0.1) is 0 Å². The van der Waals surface area contributed by atoms with Crippen molar-refractivity contribution in [3.8, 4) is 0 Å². The zero-order valence-corrected chi connectivity index (χ0v) is 6.69. The minimum absolute atomic E-state index is 0.0276. The van der Waals surface area contributed by atoms with Crippen LogP contribution in [0.4, 0.5) is 10.1 Å². The van der Waals surface area contributed by atoms with E-state index in [1.165, 1.54) is 13.1 Å². The summed E-state index contributed by atoms with van der Waals surface area (Å²) in [5.41, 5.74) is 0.343. The largest absolute Gasteiger partial charge is 0.287 e. The second-order valence-electron chi connectivity index (χ2n) is 2.53. The van der Waals surface area contributed by atoms with Crippen LogP contribution in [0.5, 0.6) is 0 Å². The summed E-state index contributed by atoms with van der Waals surface area (Å²) in [6.45, 7) is 0. The second-order valence-corrected chi connectivity index (χ2v) is 2.53. The molecule has 0 spiro atoms. The Morgan fingerprint density at radius 3 is 2.77 bits per heavy atom. The van der Waals surface area contributed by atoms with Crippen LogP contribution >= 0.6 is 0 Å². The number of nitrogens with zero attached hydrogens (tertiary/aromatic N) is 3. The maximum atomic E-state index is 13.0. The van der Waals surface area contributed by atoms with Crippen molar-refractivity contribution in [2.45, 2.75) is 0 Å². The van der Waals surface area contributed by atoms with Gasteiger partial charge in [0.25, 0.3) is 5.69 Å². The number of benzene rings is 1. The zero-order valence-electron chi connectivity index (χ0n) is 6.69. The van der Waals surface area contributed by atoms with Gasteiger partial charge in [-0.05, 0) is 16.4 Å². The lowest BCUT2D eigenvalue weighted by Crippen LogP contribution is -1.92. The van der Waals surface area contributed by atoms with E-state index >= 15 is 0 Å². The molecule has 1 aromatic carbocycles. The minimum Gasteiger partial charge on any atom is -0.243 e. The molecule has 0 saturated heterocycles. The first-order chi connectivity index (χ1) is 6.20. The van der Waals surface area contributed by atoms with E-state index in [2.05, 4.69) is 14.9 Å². The first-order valence-electron chi connectivity index (χ1n) is 3.52. The average molecular weight is 182 g/mol. The Hall–Kier alpha value is -1.85. The minimum atomic E-state index is -0.554. The number of hydrogen-bond donors (Lipinski definition) is 0. The van der Waals surface area contributed by atoms with E-state index in [1.54, 1.807) is 0 Å². The SMILES string of the molecule is C[N+](=O)c1ccc(F)c2nonc12. The second kappa shape index (κ2) is 2.58. The van der Waals surface area contributed by atoms with Crippen molar-refractivity contribution in [2.75, 3.05) is 7.05 Å². The van der Waals surface area contributed by atoms with E-state index < -0.39 is 5.82 Å². The molecule has 0 bridgehead atoms. The lowest BCUT2D eigenvalue weighted by molar-refractivity contribution is -0.426. The summed E-state index contributed by atoms with van der Waals surface area (Å²) in [7, 11) is 1.29. The van der Waals surface area contributed by atoms with Crippen LogP contribution in [0.15, 0.2) is 16.8 Å². The molecule has 0 N–H and O–H groups in total. The number of nitroso groups, excluding NO2 is 1. The molecular weight excluding hydrogens is 177 g/mol. The summed E-state index contributed by atoms with van der Waals surface area (Å²) in [4.78, 5) is 11.0. The fourth-order valence-corrected chi connectivity index (χ4v) is 1.08. The molecule has 2 aromatic rings. The van der Waals surface area contributed by atoms with Gasteiger partial charge in [0.1, 0.15) is 0 Å². The maximum Gasteiger partial charge on any atom is 0.287 e. The molecule has 1 aromatic heterocycles. The Morgan fingerprint density at radius 2 is 2.08 bits per heavy atom. The summed E-state index contributed by atoms with van der Waals surface area (Å²) in [6.07, 6.45) is 0. The number of fused-ring (bicyclic) bond motifs is 1. The summed E-state index contributed by atoms with van der Waals surface area (Å²) in [5.74, 6) is -0.554. The van der Waals surface area contributed by atoms with Gasteiger partial charge >= 0.3 is 0 Å². The Kier molecular flexibility index (Phi) is 1.54. The zero-order chi connectivity index (χ0) is 9.42. The Labute approximate surface area is 71.7 Å². The molecule has 0 amide bonds. The van der Waals surface area contributed by atoms with Gasteiger partial charge in [0.15, 0.2) is 18.4 Å². The van der Waals surface area contributed by atoms with Crippen LogP contribution in [0.2, 0.25) is 0 Å². The third kappa shape index (κ3) is 1.07. The third-order valence-electron chi connectivity index (χ3n) is 1.68. The van der Waals surface area contributed by atoms with Gasteiger partial charge in [0.2, 0.25) is 5.52 Å². The fourth-order valence-electron chi connectivity index (χ4n) is 1.08. The van der Waals surface area contributed by atoms with Gasteiger partial charge in [-0.2, -0.15) is 0 Å². The predicted octanol–water partition coefficient (Wildman–Crippen LogP) is 1.40. The van der Waals surface area contributed by atoms with Gasteiger partial charge in [-0.1, -0.05) is 0 Å². The molecule has 0 aliphatic heterocycles. The molecule has 0 unspecified atom stereocenters. The monoisotopic (exact) mass is 182 g/mol. The molecule has 0 saturated carbocycles. The van der Waals surface area contributed by atoms with E-state index in [4.69, 9.17) is 0 Å². The highest BCUT2D eigenvalue weighted by atomic mass is 19.1. The lowest BCUT2D eigenvalue weighted by Gasteiger charge is -1.88. The molecule has 0 aliphatic carbocycles. The van der Waals surface area contributed by atoms with E-state index in [-0.39, 0.29) is 16.7 Å². The van der Waals surface area contributed by atoms with Crippen molar-refractivity contribution in [1.29, 1.82) is 0 Å². The molecule has 6 heteroatoms. The first-order valence-corrected chi connectivity index (χ1v) is 3.52. The Balaban J connectivity index is 2.86. The maximum absolute atomic E-state index is 13.0. The molecule has 2 rings (SSSR count). The van der Waals surface area contributed by atoms with Crippen molar-refractivity contribution in [3.05, 3.63) is 22.9 Å². The lowest BCUT2D eigenvalue weighted by atomic mass is 10.2. The first kappa shape index (κ1) is 7.78. The molecule has 5 nitrogen and oxygen atoms in total. The van der Waals surface area contributed by atoms with Crippen LogP contribution in [0.1, 0.15) is 0 Å². The van der Waals surface area contributed by atoms with Gasteiger partial charge < -0.3 is 0 Å². The highest BCUT2D eigenvalue weighted by Gasteiger charge is 2.19. The van der Waals surface area contributed by atoms with Crippen molar-refractivity contribution < 1.29 is 13.8 Å². The Morgan fingerprint density at radius 1 is 1.38 bits per heavy atom. The molecule has 13 heavy (non-hydrogen) atoms. The van der Waals surface area contributed by atoms with Crippen molar-refractivity contribution >= 4 is 16.7 Å².